The molecule has 0 unspecified atom stereocenters. The van der Waals surface area contributed by atoms with Crippen LogP contribution in [0.2, 0.25) is 0 Å². The minimum absolute atomic E-state index is 0.119. The fraction of sp³-hybridized carbons (Fsp3) is 0.440. The summed E-state index contributed by atoms with van der Waals surface area (Å²) in [6.07, 6.45) is 4.53. The summed E-state index contributed by atoms with van der Waals surface area (Å²) in [7, 11) is 0. The molecule has 9 heteroatoms. The summed E-state index contributed by atoms with van der Waals surface area (Å²) in [4.78, 5) is 32.5. The number of carbonyl (C=O) groups is 2. The molecule has 0 aliphatic heterocycles. The number of benzene rings is 1. The third-order valence-corrected chi connectivity index (χ3v) is 7.38. The molecule has 1 aliphatic carbocycles. The van der Waals surface area contributed by atoms with Crippen molar-refractivity contribution in [2.24, 2.45) is 5.92 Å². The molecule has 4 rings (SSSR count). The molecule has 2 aromatic heterocycles. The zero-order valence-corrected chi connectivity index (χ0v) is 20.1. The Bertz CT molecular complexity index is 1220. The summed E-state index contributed by atoms with van der Waals surface area (Å²) in [5.41, 5.74) is -0.355. The van der Waals surface area contributed by atoms with Crippen LogP contribution in [0.25, 0.3) is 10.2 Å². The standard InChI is InChI=1S/C25H27F2N3O3S/c1-24(2,33)16-11-19-20(34-23(30-19)15-9-7-14(13-31)8-10-15)12-18(16)29-22(32)17-5-4-6-21(28-17)25(3,26)27/h4-6,11-15,33H,7-10H2,1-3H3,(H,29,32). The van der Waals surface area contributed by atoms with Crippen LogP contribution in [0.1, 0.15) is 79.1 Å². The summed E-state index contributed by atoms with van der Waals surface area (Å²) >= 11 is 1.53. The second kappa shape index (κ2) is 9.11. The van der Waals surface area contributed by atoms with E-state index in [0.717, 1.165) is 54.1 Å². The van der Waals surface area contributed by atoms with Crippen LogP contribution >= 0.6 is 11.3 Å². The van der Waals surface area contributed by atoms with Gasteiger partial charge in [0.05, 0.1) is 20.8 Å². The van der Waals surface area contributed by atoms with Gasteiger partial charge in [0, 0.05) is 30.0 Å². The lowest BCUT2D eigenvalue weighted by atomic mass is 9.83. The van der Waals surface area contributed by atoms with Gasteiger partial charge in [0.1, 0.15) is 17.7 Å². The second-order valence-electron chi connectivity index (χ2n) is 9.47. The number of carbonyl (C=O) groups excluding carboxylic acids is 2. The van der Waals surface area contributed by atoms with Gasteiger partial charge in [-0.05, 0) is 63.8 Å². The Morgan fingerprint density at radius 1 is 1.15 bits per heavy atom. The molecule has 0 radical (unpaired) electrons. The van der Waals surface area contributed by atoms with E-state index in [0.29, 0.717) is 11.3 Å². The Balaban J connectivity index is 1.66. The third kappa shape index (κ3) is 5.15. The molecule has 6 nitrogen and oxygen atoms in total. The lowest BCUT2D eigenvalue weighted by Gasteiger charge is -2.23. The average molecular weight is 488 g/mol. The van der Waals surface area contributed by atoms with E-state index in [1.807, 2.05) is 0 Å². The van der Waals surface area contributed by atoms with Crippen LogP contribution in [-0.4, -0.2) is 27.3 Å². The zero-order chi connectivity index (χ0) is 24.7. The number of nitrogens with one attached hydrogen (secondary N) is 1. The molecule has 2 N–H and O–H groups in total. The number of thiazole rings is 1. The molecule has 1 aliphatic rings. The quantitative estimate of drug-likeness (QED) is 0.432. The summed E-state index contributed by atoms with van der Waals surface area (Å²) < 4.78 is 28.2. The number of alkyl halides is 2. The monoisotopic (exact) mass is 487 g/mol. The number of halogens is 2. The number of hydrogen-bond donors (Lipinski definition) is 2. The Morgan fingerprint density at radius 3 is 2.47 bits per heavy atom. The molecule has 0 atom stereocenters. The van der Waals surface area contributed by atoms with E-state index in [4.69, 9.17) is 4.98 Å². The maximum Gasteiger partial charge on any atom is 0.287 e. The van der Waals surface area contributed by atoms with Crippen LogP contribution in [0.3, 0.4) is 0 Å². The van der Waals surface area contributed by atoms with E-state index in [-0.39, 0.29) is 17.5 Å². The molecule has 1 aromatic carbocycles. The van der Waals surface area contributed by atoms with Gasteiger partial charge in [0.25, 0.3) is 11.8 Å². The van der Waals surface area contributed by atoms with Gasteiger partial charge in [0.15, 0.2) is 0 Å². The van der Waals surface area contributed by atoms with Crippen LogP contribution in [-0.2, 0) is 16.3 Å². The smallest absolute Gasteiger partial charge is 0.287 e. The highest BCUT2D eigenvalue weighted by Crippen LogP contribution is 2.41. The highest BCUT2D eigenvalue weighted by Gasteiger charge is 2.29. The fourth-order valence-electron chi connectivity index (χ4n) is 4.27. The van der Waals surface area contributed by atoms with E-state index in [1.165, 1.54) is 29.5 Å². The minimum atomic E-state index is -3.17. The van der Waals surface area contributed by atoms with Crippen molar-refractivity contribution in [2.45, 2.75) is 63.9 Å². The average Bonchev–Trinajstić information content (AvgIpc) is 3.20. The van der Waals surface area contributed by atoms with Gasteiger partial charge in [-0.25, -0.2) is 9.97 Å². The molecule has 1 fully saturated rings. The molecule has 1 saturated carbocycles. The summed E-state index contributed by atoms with van der Waals surface area (Å²) in [5.74, 6) is -3.42. The van der Waals surface area contributed by atoms with Crippen LogP contribution in [0, 0.1) is 5.92 Å². The molecule has 0 spiro atoms. The van der Waals surface area contributed by atoms with Gasteiger partial charge in [-0.2, -0.15) is 8.78 Å². The number of hydrogen-bond acceptors (Lipinski definition) is 6. The van der Waals surface area contributed by atoms with E-state index in [9.17, 15) is 23.5 Å². The molecular formula is C25H27F2N3O3S. The summed E-state index contributed by atoms with van der Waals surface area (Å²) in [6.45, 7) is 3.94. The molecule has 1 amide bonds. The predicted molar refractivity (Wildman–Crippen MR) is 127 cm³/mol. The predicted octanol–water partition coefficient (Wildman–Crippen LogP) is 5.76. The topological polar surface area (TPSA) is 92.2 Å². The number of anilines is 1. The molecule has 0 saturated heterocycles. The number of pyridine rings is 1. The number of aromatic nitrogens is 2. The van der Waals surface area contributed by atoms with Crippen molar-refractivity contribution < 1.29 is 23.5 Å². The first-order valence-corrected chi connectivity index (χ1v) is 12.1. The van der Waals surface area contributed by atoms with Crippen LogP contribution < -0.4 is 5.32 Å². The molecule has 34 heavy (non-hydrogen) atoms. The lowest BCUT2D eigenvalue weighted by Crippen LogP contribution is -2.22. The van der Waals surface area contributed by atoms with Gasteiger partial charge in [-0.15, -0.1) is 11.3 Å². The second-order valence-corrected chi connectivity index (χ2v) is 10.5. The van der Waals surface area contributed by atoms with Gasteiger partial charge in [0.2, 0.25) is 0 Å². The first-order chi connectivity index (χ1) is 16.0. The molecule has 180 valence electrons. The molecular weight excluding hydrogens is 460 g/mol. The van der Waals surface area contributed by atoms with Crippen LogP contribution in [0.15, 0.2) is 30.3 Å². The first kappa shape index (κ1) is 24.3. The summed E-state index contributed by atoms with van der Waals surface area (Å²) in [5, 5.41) is 14.5. The van der Waals surface area contributed by atoms with Crippen molar-refractivity contribution in [3.05, 3.63) is 52.3 Å². The third-order valence-electron chi connectivity index (χ3n) is 6.20. The fourth-order valence-corrected chi connectivity index (χ4v) is 5.43. The Kier molecular flexibility index (Phi) is 6.52. The largest absolute Gasteiger partial charge is 0.386 e. The van der Waals surface area contributed by atoms with E-state index >= 15 is 0 Å². The summed E-state index contributed by atoms with van der Waals surface area (Å²) in [6, 6.07) is 7.42. The van der Waals surface area contributed by atoms with Crippen molar-refractivity contribution in [1.82, 2.24) is 9.97 Å². The first-order valence-electron chi connectivity index (χ1n) is 11.2. The van der Waals surface area contributed by atoms with Gasteiger partial charge < -0.3 is 15.2 Å². The Labute approximate surface area is 200 Å². The number of rotatable bonds is 6. The van der Waals surface area contributed by atoms with Crippen molar-refractivity contribution in [2.75, 3.05) is 5.32 Å². The minimum Gasteiger partial charge on any atom is -0.386 e. The number of fused-ring (bicyclic) bond motifs is 1. The maximum atomic E-state index is 13.7. The van der Waals surface area contributed by atoms with E-state index in [2.05, 4.69) is 10.3 Å². The molecule has 3 aromatic rings. The van der Waals surface area contributed by atoms with E-state index < -0.39 is 23.1 Å². The van der Waals surface area contributed by atoms with Crippen LogP contribution in [0.4, 0.5) is 14.5 Å². The highest BCUT2D eigenvalue weighted by molar-refractivity contribution is 7.18. The normalized spacial score (nSPS) is 19.2. The Hall–Kier alpha value is -2.78. The number of aldehydes is 1. The SMILES string of the molecule is CC(C)(O)c1cc2nc(C3CCC(C=O)CC3)sc2cc1NC(=O)c1cccc(C(C)(F)F)n1. The number of nitrogens with zero attached hydrogens (tertiary/aromatic N) is 2. The number of amides is 1. The van der Waals surface area contributed by atoms with Gasteiger partial charge in [-0.3, -0.25) is 4.79 Å². The highest BCUT2D eigenvalue weighted by atomic mass is 32.1. The van der Waals surface area contributed by atoms with Gasteiger partial charge in [-0.1, -0.05) is 6.07 Å². The van der Waals surface area contributed by atoms with Crippen LogP contribution in [0.5, 0.6) is 0 Å². The number of aliphatic hydroxyl groups is 1. The van der Waals surface area contributed by atoms with Crippen molar-refractivity contribution in [3.8, 4) is 0 Å². The van der Waals surface area contributed by atoms with E-state index in [1.54, 1.807) is 26.0 Å². The van der Waals surface area contributed by atoms with Gasteiger partial charge >= 0.3 is 0 Å². The molecule has 0 bridgehead atoms. The Morgan fingerprint density at radius 2 is 1.85 bits per heavy atom. The van der Waals surface area contributed by atoms with Crippen molar-refractivity contribution >= 4 is 39.4 Å². The zero-order valence-electron chi connectivity index (χ0n) is 19.3. The van der Waals surface area contributed by atoms with Crippen molar-refractivity contribution in [3.63, 3.8) is 0 Å². The lowest BCUT2D eigenvalue weighted by molar-refractivity contribution is -0.111. The maximum absolute atomic E-state index is 13.7. The molecule has 2 heterocycles. The van der Waals surface area contributed by atoms with Crippen molar-refractivity contribution in [1.29, 1.82) is 0 Å².